The molecule has 1 aliphatic rings. The number of aromatic nitrogens is 1. The van der Waals surface area contributed by atoms with Gasteiger partial charge in [0, 0.05) is 28.2 Å². The third-order valence-electron chi connectivity index (χ3n) is 5.09. The maximum Gasteiger partial charge on any atom is 0.0545 e. The number of para-hydroxylation sites is 1. The second-order valence-electron chi connectivity index (χ2n) is 6.29. The van der Waals surface area contributed by atoms with Crippen molar-refractivity contribution in [1.29, 1.82) is 0 Å². The smallest absolute Gasteiger partial charge is 0.0545 e. The molecule has 0 bridgehead atoms. The first-order valence-corrected chi connectivity index (χ1v) is 8.26. The molecule has 22 heavy (non-hydrogen) atoms. The lowest BCUT2D eigenvalue weighted by molar-refractivity contribution is 0.652. The van der Waals surface area contributed by atoms with E-state index in [2.05, 4.69) is 54.0 Å². The van der Waals surface area contributed by atoms with Gasteiger partial charge in [0.05, 0.1) is 10.5 Å². The zero-order valence-corrected chi connectivity index (χ0v) is 13.2. The highest BCUT2D eigenvalue weighted by Gasteiger charge is 2.23. The Bertz CT molecular complexity index is 1070. The van der Waals surface area contributed by atoms with Crippen LogP contribution in [-0.2, 0) is 13.0 Å². The van der Waals surface area contributed by atoms with Crippen LogP contribution in [0.3, 0.4) is 0 Å². The summed E-state index contributed by atoms with van der Waals surface area (Å²) in [5.41, 5.74) is 5.29. The van der Waals surface area contributed by atoms with Gasteiger partial charge in [0.2, 0.25) is 0 Å². The van der Waals surface area contributed by atoms with Gasteiger partial charge in [-0.15, -0.1) is 0 Å². The lowest BCUT2D eigenvalue weighted by atomic mass is 9.94. The van der Waals surface area contributed by atoms with E-state index in [0.717, 1.165) is 24.4 Å². The molecule has 0 aliphatic carbocycles. The molecule has 1 aromatic heterocycles. The van der Waals surface area contributed by atoms with Gasteiger partial charge in [0.15, 0.2) is 0 Å². The van der Waals surface area contributed by atoms with Gasteiger partial charge in [0.25, 0.3) is 0 Å². The molecule has 0 radical (unpaired) electrons. The average molecular weight is 306 g/mol. The lowest BCUT2D eigenvalue weighted by Crippen LogP contribution is -2.08. The van der Waals surface area contributed by atoms with Gasteiger partial charge in [-0.3, -0.25) is 0 Å². The van der Waals surface area contributed by atoms with Crippen LogP contribution >= 0.6 is 11.6 Å². The van der Waals surface area contributed by atoms with Crippen molar-refractivity contribution in [1.82, 2.24) is 4.57 Å². The third-order valence-corrected chi connectivity index (χ3v) is 5.51. The number of nitrogens with zero attached hydrogens (tertiary/aromatic N) is 1. The van der Waals surface area contributed by atoms with E-state index in [9.17, 15) is 0 Å². The van der Waals surface area contributed by atoms with E-state index >= 15 is 0 Å². The summed E-state index contributed by atoms with van der Waals surface area (Å²) in [6.45, 7) is 3.25. The first-order chi connectivity index (χ1) is 10.8. The summed E-state index contributed by atoms with van der Waals surface area (Å²) < 4.78 is 2.47. The second kappa shape index (κ2) is 4.27. The van der Waals surface area contributed by atoms with Gasteiger partial charge in [-0.05, 0) is 42.3 Å². The molecule has 5 rings (SSSR count). The van der Waals surface area contributed by atoms with Gasteiger partial charge in [-0.25, -0.2) is 0 Å². The molecule has 0 N–H and O–H groups in total. The van der Waals surface area contributed by atoms with Gasteiger partial charge in [-0.2, -0.15) is 0 Å². The van der Waals surface area contributed by atoms with E-state index in [4.69, 9.17) is 11.6 Å². The molecule has 0 amide bonds. The zero-order chi connectivity index (χ0) is 14.8. The fraction of sp³-hybridized carbons (Fsp3) is 0.200. The van der Waals surface area contributed by atoms with Crippen LogP contribution in [-0.4, -0.2) is 4.57 Å². The molecule has 1 aliphatic heterocycles. The highest BCUT2D eigenvalue weighted by Crippen LogP contribution is 2.44. The maximum absolute atomic E-state index is 6.85. The third kappa shape index (κ3) is 1.40. The Kier molecular flexibility index (Phi) is 2.43. The van der Waals surface area contributed by atoms with E-state index in [-0.39, 0.29) is 0 Å². The predicted molar refractivity (Wildman–Crippen MR) is 95.0 cm³/mol. The number of rotatable bonds is 0. The molecule has 108 valence electrons. The van der Waals surface area contributed by atoms with Crippen molar-refractivity contribution in [2.45, 2.75) is 26.3 Å². The van der Waals surface area contributed by atoms with Crippen molar-refractivity contribution in [2.75, 3.05) is 0 Å². The standard InChI is InChI=1S/C20H16ClN/c1-12-6-4-8-14-17(12)19(21)15-9-5-11-22-16-10-3-2-7-13(16)18(14)20(15)22/h2-4,6-8,10H,5,9,11H2,1H3. The molecular formula is C20H16ClN. The summed E-state index contributed by atoms with van der Waals surface area (Å²) in [5, 5.41) is 6.22. The van der Waals surface area contributed by atoms with Crippen LogP contribution < -0.4 is 0 Å². The Hall–Kier alpha value is -1.99. The van der Waals surface area contributed by atoms with Crippen molar-refractivity contribution >= 4 is 44.2 Å². The Balaban J connectivity index is 2.21. The van der Waals surface area contributed by atoms with Crippen LogP contribution in [0.15, 0.2) is 42.5 Å². The summed E-state index contributed by atoms with van der Waals surface area (Å²) in [4.78, 5) is 0. The number of benzene rings is 3. The van der Waals surface area contributed by atoms with E-state index in [1.807, 2.05) is 0 Å². The number of fused-ring (bicyclic) bond motifs is 5. The molecule has 0 fully saturated rings. The number of halogens is 1. The SMILES string of the molecule is Cc1cccc2c1c(Cl)c1c3c2c2ccccc2n3CCC1. The van der Waals surface area contributed by atoms with Crippen LogP contribution in [0.5, 0.6) is 0 Å². The van der Waals surface area contributed by atoms with E-state index < -0.39 is 0 Å². The van der Waals surface area contributed by atoms with Crippen molar-refractivity contribution in [2.24, 2.45) is 0 Å². The monoisotopic (exact) mass is 305 g/mol. The van der Waals surface area contributed by atoms with Crippen LogP contribution in [0.25, 0.3) is 32.6 Å². The molecule has 1 nitrogen and oxygen atoms in total. The summed E-state index contributed by atoms with van der Waals surface area (Å²) in [5.74, 6) is 0. The normalized spacial score (nSPS) is 14.3. The fourth-order valence-corrected chi connectivity index (χ4v) is 4.62. The van der Waals surface area contributed by atoms with Crippen molar-refractivity contribution in [3.63, 3.8) is 0 Å². The fourth-order valence-electron chi connectivity index (χ4n) is 4.19. The minimum absolute atomic E-state index is 0.962. The van der Waals surface area contributed by atoms with Gasteiger partial charge >= 0.3 is 0 Å². The van der Waals surface area contributed by atoms with Crippen LogP contribution in [0.2, 0.25) is 5.02 Å². The lowest BCUT2D eigenvalue weighted by Gasteiger charge is -2.20. The van der Waals surface area contributed by atoms with E-state index in [1.165, 1.54) is 43.7 Å². The summed E-state index contributed by atoms with van der Waals surface area (Å²) in [6, 6.07) is 15.3. The Morgan fingerprint density at radius 1 is 0.955 bits per heavy atom. The topological polar surface area (TPSA) is 4.93 Å². The van der Waals surface area contributed by atoms with Crippen LogP contribution in [0, 0.1) is 6.92 Å². The molecule has 0 unspecified atom stereocenters. The Morgan fingerprint density at radius 2 is 1.77 bits per heavy atom. The molecule has 0 saturated heterocycles. The van der Waals surface area contributed by atoms with Crippen LogP contribution in [0.1, 0.15) is 17.5 Å². The van der Waals surface area contributed by atoms with Gasteiger partial charge < -0.3 is 4.57 Å². The van der Waals surface area contributed by atoms with Crippen molar-refractivity contribution in [3.05, 3.63) is 58.6 Å². The molecule has 0 atom stereocenters. The molecule has 0 spiro atoms. The highest BCUT2D eigenvalue weighted by molar-refractivity contribution is 6.40. The van der Waals surface area contributed by atoms with Gasteiger partial charge in [-0.1, -0.05) is 48.0 Å². The minimum atomic E-state index is 0.962. The molecule has 0 saturated carbocycles. The number of hydrogen-bond donors (Lipinski definition) is 0. The Labute approximate surface area is 134 Å². The molecule has 4 aromatic rings. The molecule has 2 heteroatoms. The zero-order valence-electron chi connectivity index (χ0n) is 12.5. The second-order valence-corrected chi connectivity index (χ2v) is 6.66. The van der Waals surface area contributed by atoms with Crippen LogP contribution in [0.4, 0.5) is 0 Å². The summed E-state index contributed by atoms with van der Waals surface area (Å²) in [7, 11) is 0. The molecular weight excluding hydrogens is 290 g/mol. The minimum Gasteiger partial charge on any atom is -0.340 e. The largest absolute Gasteiger partial charge is 0.340 e. The predicted octanol–water partition coefficient (Wildman–Crippen LogP) is 5.86. The quantitative estimate of drug-likeness (QED) is 0.384. The van der Waals surface area contributed by atoms with Crippen molar-refractivity contribution in [3.8, 4) is 0 Å². The first kappa shape index (κ1) is 12.5. The van der Waals surface area contributed by atoms with E-state index in [1.54, 1.807) is 0 Å². The van der Waals surface area contributed by atoms with E-state index in [0.29, 0.717) is 0 Å². The maximum atomic E-state index is 6.85. The summed E-state index contributed by atoms with van der Waals surface area (Å²) >= 11 is 6.85. The number of hydrogen-bond acceptors (Lipinski definition) is 0. The molecule has 3 aromatic carbocycles. The van der Waals surface area contributed by atoms with Gasteiger partial charge in [0.1, 0.15) is 0 Å². The molecule has 2 heterocycles. The summed E-state index contributed by atoms with van der Waals surface area (Å²) in [6.07, 6.45) is 2.24. The van der Waals surface area contributed by atoms with Crippen molar-refractivity contribution < 1.29 is 0 Å². The number of aryl methyl sites for hydroxylation is 3. The highest BCUT2D eigenvalue weighted by atomic mass is 35.5. The average Bonchev–Trinajstić information content (AvgIpc) is 2.88. The first-order valence-electron chi connectivity index (χ1n) is 7.88. The Morgan fingerprint density at radius 3 is 2.68 bits per heavy atom.